The van der Waals surface area contributed by atoms with Crippen LogP contribution in [0.4, 0.5) is 5.69 Å². The molecular formula is C37H43N3O4S. The lowest BCUT2D eigenvalue weighted by Crippen LogP contribution is -2.54. The normalized spacial score (nSPS) is 12.6. The van der Waals surface area contributed by atoms with Crippen LogP contribution in [0.3, 0.4) is 0 Å². The highest BCUT2D eigenvalue weighted by atomic mass is 32.2. The molecule has 0 aliphatic heterocycles. The fourth-order valence-corrected chi connectivity index (χ4v) is 6.60. The summed E-state index contributed by atoms with van der Waals surface area (Å²) in [5, 5.41) is 3.07. The van der Waals surface area contributed by atoms with Crippen molar-refractivity contribution in [2.24, 2.45) is 0 Å². The van der Waals surface area contributed by atoms with E-state index in [1.807, 2.05) is 101 Å². The van der Waals surface area contributed by atoms with Crippen LogP contribution in [0.15, 0.2) is 108 Å². The largest absolute Gasteiger partial charge is 0.352 e. The van der Waals surface area contributed by atoms with E-state index in [9.17, 15) is 18.0 Å². The van der Waals surface area contributed by atoms with Crippen molar-refractivity contribution in [2.45, 2.75) is 71.0 Å². The highest BCUT2D eigenvalue weighted by Gasteiger charge is 2.35. The molecule has 0 fully saturated rings. The van der Waals surface area contributed by atoms with Gasteiger partial charge in [-0.15, -0.1) is 0 Å². The molecule has 8 heteroatoms. The molecule has 0 aliphatic rings. The van der Waals surface area contributed by atoms with Gasteiger partial charge in [-0.25, -0.2) is 8.42 Å². The molecule has 4 rings (SSSR count). The Morgan fingerprint density at radius 1 is 0.778 bits per heavy atom. The number of carbonyl (C=O) groups excluding carboxylic acids is 2. The summed E-state index contributed by atoms with van der Waals surface area (Å²) in [4.78, 5) is 30.1. The SMILES string of the molecule is CC[C@@H](C)NC(=O)[C@@H](Cc1ccccc1)N(Cc1ccccc1)C(=O)CN(c1cccc(C)c1C)S(=O)(=O)c1ccc(C)cc1. The molecule has 0 aliphatic carbocycles. The lowest BCUT2D eigenvalue weighted by Gasteiger charge is -2.34. The maximum atomic E-state index is 14.6. The number of nitrogens with one attached hydrogen (secondary N) is 1. The fraction of sp³-hybridized carbons (Fsp3) is 0.297. The van der Waals surface area contributed by atoms with Crippen LogP contribution in [0.25, 0.3) is 0 Å². The number of amides is 2. The molecule has 0 unspecified atom stereocenters. The van der Waals surface area contributed by atoms with Gasteiger partial charge in [-0.2, -0.15) is 0 Å². The van der Waals surface area contributed by atoms with Crippen molar-refractivity contribution in [2.75, 3.05) is 10.8 Å². The Labute approximate surface area is 268 Å². The summed E-state index contributed by atoms with van der Waals surface area (Å²) in [7, 11) is -4.15. The molecule has 1 N–H and O–H groups in total. The van der Waals surface area contributed by atoms with Gasteiger partial charge in [0.1, 0.15) is 12.6 Å². The summed E-state index contributed by atoms with van der Waals surface area (Å²) in [6, 6.07) is 30.1. The van der Waals surface area contributed by atoms with Crippen molar-refractivity contribution < 1.29 is 18.0 Å². The number of aryl methyl sites for hydroxylation is 2. The van der Waals surface area contributed by atoms with Gasteiger partial charge in [0.15, 0.2) is 0 Å². The molecule has 7 nitrogen and oxygen atoms in total. The van der Waals surface area contributed by atoms with E-state index in [0.29, 0.717) is 5.69 Å². The van der Waals surface area contributed by atoms with Crippen LogP contribution in [0, 0.1) is 20.8 Å². The highest BCUT2D eigenvalue weighted by molar-refractivity contribution is 7.92. The van der Waals surface area contributed by atoms with Gasteiger partial charge in [0.2, 0.25) is 11.8 Å². The maximum absolute atomic E-state index is 14.6. The Balaban J connectivity index is 1.82. The third-order valence-electron chi connectivity index (χ3n) is 8.20. The van der Waals surface area contributed by atoms with Gasteiger partial charge in [0.05, 0.1) is 10.6 Å². The number of rotatable bonds is 13. The van der Waals surface area contributed by atoms with Crippen LogP contribution in [0.2, 0.25) is 0 Å². The van der Waals surface area contributed by atoms with E-state index >= 15 is 0 Å². The molecule has 0 radical (unpaired) electrons. The molecule has 0 saturated carbocycles. The molecule has 2 atom stereocenters. The topological polar surface area (TPSA) is 86.8 Å². The molecular weight excluding hydrogens is 582 g/mol. The second kappa shape index (κ2) is 15.0. The molecule has 45 heavy (non-hydrogen) atoms. The van der Waals surface area contributed by atoms with Crippen LogP contribution >= 0.6 is 0 Å². The number of hydrogen-bond donors (Lipinski definition) is 1. The summed E-state index contributed by atoms with van der Waals surface area (Å²) >= 11 is 0. The van der Waals surface area contributed by atoms with E-state index in [0.717, 1.165) is 34.2 Å². The molecule has 0 spiro atoms. The first-order chi connectivity index (χ1) is 21.5. The Kier molecular flexibility index (Phi) is 11.2. The molecule has 0 saturated heterocycles. The van der Waals surface area contributed by atoms with E-state index in [4.69, 9.17) is 0 Å². The van der Waals surface area contributed by atoms with Crippen molar-refractivity contribution in [1.29, 1.82) is 0 Å². The van der Waals surface area contributed by atoms with Gasteiger partial charge in [0.25, 0.3) is 10.0 Å². The molecule has 0 bridgehead atoms. The quantitative estimate of drug-likeness (QED) is 0.187. The Morgan fingerprint density at radius 3 is 1.98 bits per heavy atom. The Bertz CT molecular complexity index is 1690. The summed E-state index contributed by atoms with van der Waals surface area (Å²) in [5.74, 6) is -0.757. The van der Waals surface area contributed by atoms with Gasteiger partial charge >= 0.3 is 0 Å². The summed E-state index contributed by atoms with van der Waals surface area (Å²) in [5.41, 5.74) is 4.73. The average Bonchev–Trinajstić information content (AvgIpc) is 3.04. The predicted octanol–water partition coefficient (Wildman–Crippen LogP) is 6.36. The number of nitrogens with zero attached hydrogens (tertiary/aromatic N) is 2. The first kappa shape index (κ1) is 33.5. The summed E-state index contributed by atoms with van der Waals surface area (Å²) < 4.78 is 29.7. The Hall–Kier alpha value is -4.43. The van der Waals surface area contributed by atoms with Gasteiger partial charge in [-0.05, 0) is 74.6 Å². The summed E-state index contributed by atoms with van der Waals surface area (Å²) in [6.07, 6.45) is 1.00. The van der Waals surface area contributed by atoms with Gasteiger partial charge in [0, 0.05) is 19.0 Å². The van der Waals surface area contributed by atoms with E-state index in [2.05, 4.69) is 5.32 Å². The van der Waals surface area contributed by atoms with Gasteiger partial charge < -0.3 is 10.2 Å². The van der Waals surface area contributed by atoms with Crippen molar-refractivity contribution in [3.63, 3.8) is 0 Å². The third kappa shape index (κ3) is 8.39. The number of benzene rings is 4. The minimum Gasteiger partial charge on any atom is -0.352 e. The zero-order chi connectivity index (χ0) is 32.6. The van der Waals surface area contributed by atoms with Crippen molar-refractivity contribution in [3.8, 4) is 0 Å². The lowest BCUT2D eigenvalue weighted by atomic mass is 10.0. The zero-order valence-corrected chi connectivity index (χ0v) is 27.6. The zero-order valence-electron chi connectivity index (χ0n) is 26.7. The average molecular weight is 626 g/mol. The van der Waals surface area contributed by atoms with Crippen molar-refractivity contribution in [3.05, 3.63) is 131 Å². The van der Waals surface area contributed by atoms with E-state index in [1.165, 1.54) is 9.21 Å². The number of carbonyl (C=O) groups is 2. The van der Waals surface area contributed by atoms with E-state index in [-0.39, 0.29) is 29.8 Å². The number of sulfonamides is 1. The van der Waals surface area contributed by atoms with Crippen LogP contribution in [0.5, 0.6) is 0 Å². The van der Waals surface area contributed by atoms with Crippen molar-refractivity contribution in [1.82, 2.24) is 10.2 Å². The van der Waals surface area contributed by atoms with E-state index in [1.54, 1.807) is 36.4 Å². The number of hydrogen-bond acceptors (Lipinski definition) is 4. The molecule has 4 aromatic rings. The second-order valence-electron chi connectivity index (χ2n) is 11.6. The van der Waals surface area contributed by atoms with Crippen LogP contribution in [-0.4, -0.2) is 43.8 Å². The van der Waals surface area contributed by atoms with Crippen LogP contribution in [0.1, 0.15) is 48.1 Å². The van der Waals surface area contributed by atoms with Gasteiger partial charge in [-0.1, -0.05) is 97.4 Å². The smallest absolute Gasteiger partial charge is 0.264 e. The van der Waals surface area contributed by atoms with Crippen LogP contribution in [-0.2, 0) is 32.6 Å². The van der Waals surface area contributed by atoms with Crippen LogP contribution < -0.4 is 9.62 Å². The van der Waals surface area contributed by atoms with E-state index < -0.39 is 28.5 Å². The molecule has 4 aromatic carbocycles. The Morgan fingerprint density at radius 2 is 1.38 bits per heavy atom. The third-order valence-corrected chi connectivity index (χ3v) is 9.97. The standard InChI is InChI=1S/C37H43N3O4S/c1-6-29(4)38-37(42)35(24-31-15-9-7-10-16-31)39(25-32-17-11-8-12-18-32)36(41)26-40(34-19-13-14-28(3)30(34)5)45(43,44)33-22-20-27(2)21-23-33/h7-23,29,35H,6,24-26H2,1-5H3,(H,38,42)/t29-,35-/m1/s1. The molecule has 0 aromatic heterocycles. The fourth-order valence-electron chi connectivity index (χ4n) is 5.13. The first-order valence-corrected chi connectivity index (χ1v) is 16.8. The molecule has 0 heterocycles. The predicted molar refractivity (Wildman–Crippen MR) is 180 cm³/mol. The highest BCUT2D eigenvalue weighted by Crippen LogP contribution is 2.29. The first-order valence-electron chi connectivity index (χ1n) is 15.3. The number of anilines is 1. The van der Waals surface area contributed by atoms with Gasteiger partial charge in [-0.3, -0.25) is 13.9 Å². The minimum absolute atomic E-state index is 0.0896. The minimum atomic E-state index is -4.15. The monoisotopic (exact) mass is 625 g/mol. The second-order valence-corrected chi connectivity index (χ2v) is 13.4. The van der Waals surface area contributed by atoms with Crippen molar-refractivity contribution >= 4 is 27.5 Å². The maximum Gasteiger partial charge on any atom is 0.264 e. The molecule has 2 amide bonds. The summed E-state index contributed by atoms with van der Waals surface area (Å²) in [6.45, 7) is 9.23. The lowest BCUT2D eigenvalue weighted by molar-refractivity contribution is -0.140. The molecule has 236 valence electrons.